The van der Waals surface area contributed by atoms with Gasteiger partial charge in [0.2, 0.25) is 0 Å². The van der Waals surface area contributed by atoms with Gasteiger partial charge < -0.3 is 5.11 Å². The van der Waals surface area contributed by atoms with Crippen LogP contribution in [0.25, 0.3) is 0 Å². The molecule has 0 bridgehead atoms. The minimum Gasteiger partial charge on any atom is -0.480 e. The van der Waals surface area contributed by atoms with Crippen molar-refractivity contribution >= 4 is 39.0 Å². The Balaban J connectivity index is 3.33. The molecule has 0 aromatic heterocycles. The van der Waals surface area contributed by atoms with E-state index >= 15 is 0 Å². The summed E-state index contributed by atoms with van der Waals surface area (Å²) in [6.07, 6.45) is 0. The Morgan fingerprint density at radius 2 is 1.73 bits per heavy atom. The fourth-order valence-electron chi connectivity index (χ4n) is 1.01. The normalized spacial score (nSPS) is 11.3. The molecule has 0 aliphatic carbocycles. The summed E-state index contributed by atoms with van der Waals surface area (Å²) in [7, 11) is -3.98. The van der Waals surface area contributed by atoms with Crippen molar-refractivity contribution in [2.24, 2.45) is 0 Å². The fraction of sp³-hybridized carbons (Fsp3) is 0.125. The summed E-state index contributed by atoms with van der Waals surface area (Å²) >= 11 is 11.3. The van der Waals surface area contributed by atoms with Gasteiger partial charge in [-0.25, -0.2) is 8.42 Å². The lowest BCUT2D eigenvalue weighted by Crippen LogP contribution is -2.16. The van der Waals surface area contributed by atoms with Gasteiger partial charge in [0.05, 0.1) is 10.0 Å². The van der Waals surface area contributed by atoms with Crippen molar-refractivity contribution in [3.8, 4) is 0 Å². The molecular weight excluding hydrogens is 263 g/mol. The zero-order chi connectivity index (χ0) is 11.6. The summed E-state index contributed by atoms with van der Waals surface area (Å²) in [5, 5.41) is 8.27. The van der Waals surface area contributed by atoms with Crippen molar-refractivity contribution < 1.29 is 18.3 Å². The summed E-state index contributed by atoms with van der Waals surface area (Å²) in [6, 6.07) is 4.15. The molecule has 0 radical (unpaired) electrons. The molecule has 4 nitrogen and oxygen atoms in total. The van der Waals surface area contributed by atoms with Crippen LogP contribution in [0.4, 0.5) is 0 Å². The first-order chi connectivity index (χ1) is 6.84. The molecule has 1 aromatic rings. The second-order valence-corrected chi connectivity index (χ2v) is 5.44. The molecule has 82 valence electrons. The summed E-state index contributed by atoms with van der Waals surface area (Å²) in [5.74, 6) is -2.48. The molecule has 0 fully saturated rings. The largest absolute Gasteiger partial charge is 0.480 e. The van der Waals surface area contributed by atoms with Gasteiger partial charge in [-0.2, -0.15) is 0 Å². The van der Waals surface area contributed by atoms with Crippen LogP contribution in [0, 0.1) is 0 Å². The van der Waals surface area contributed by atoms with E-state index in [1.54, 1.807) is 0 Å². The minimum absolute atomic E-state index is 0.0799. The first-order valence-electron chi connectivity index (χ1n) is 3.73. The average molecular weight is 269 g/mol. The highest BCUT2D eigenvalue weighted by Gasteiger charge is 2.24. The molecule has 0 aliphatic heterocycles. The van der Waals surface area contributed by atoms with Gasteiger partial charge >= 0.3 is 5.97 Å². The molecule has 0 saturated heterocycles. The molecule has 0 saturated carbocycles. The molecule has 1 N–H and O–H groups in total. The smallest absolute Gasteiger partial charge is 0.319 e. The highest BCUT2D eigenvalue weighted by Crippen LogP contribution is 2.29. The average Bonchev–Trinajstić information content (AvgIpc) is 1.99. The van der Waals surface area contributed by atoms with Crippen LogP contribution in [0.1, 0.15) is 0 Å². The van der Waals surface area contributed by atoms with Gasteiger partial charge in [-0.3, -0.25) is 4.79 Å². The topological polar surface area (TPSA) is 71.4 Å². The molecule has 0 aliphatic rings. The SMILES string of the molecule is O=C(O)CS(=O)(=O)c1c(Cl)cccc1Cl. The van der Waals surface area contributed by atoms with Crippen molar-refractivity contribution in [3.05, 3.63) is 28.2 Å². The number of halogens is 2. The lowest BCUT2D eigenvalue weighted by atomic mass is 10.4. The van der Waals surface area contributed by atoms with Crippen molar-refractivity contribution in [2.45, 2.75) is 4.90 Å². The predicted octanol–water partition coefficient (Wildman–Crippen LogP) is 1.85. The van der Waals surface area contributed by atoms with Crippen molar-refractivity contribution in [2.75, 3.05) is 5.75 Å². The van der Waals surface area contributed by atoms with E-state index in [1.807, 2.05) is 0 Å². The number of aliphatic carboxylic acids is 1. The summed E-state index contributed by atoms with van der Waals surface area (Å²) in [6.45, 7) is 0. The zero-order valence-corrected chi connectivity index (χ0v) is 9.60. The summed E-state index contributed by atoms with van der Waals surface area (Å²) < 4.78 is 23.1. The van der Waals surface area contributed by atoms with Gasteiger partial charge in [0.1, 0.15) is 4.90 Å². The third kappa shape index (κ3) is 2.84. The highest BCUT2D eigenvalue weighted by atomic mass is 35.5. The van der Waals surface area contributed by atoms with Crippen LogP contribution in [-0.4, -0.2) is 25.2 Å². The number of carboxylic acids is 1. The first kappa shape index (κ1) is 12.3. The minimum atomic E-state index is -3.98. The molecule has 15 heavy (non-hydrogen) atoms. The number of carbonyl (C=O) groups is 1. The van der Waals surface area contributed by atoms with E-state index in [0.717, 1.165) is 0 Å². The van der Waals surface area contributed by atoms with E-state index in [9.17, 15) is 13.2 Å². The number of hydrogen-bond donors (Lipinski definition) is 1. The van der Waals surface area contributed by atoms with Gasteiger partial charge in [-0.05, 0) is 12.1 Å². The maximum absolute atomic E-state index is 11.5. The Kier molecular flexibility index (Phi) is 3.59. The van der Waals surface area contributed by atoms with Crippen LogP contribution in [0.5, 0.6) is 0 Å². The maximum Gasteiger partial charge on any atom is 0.319 e. The van der Waals surface area contributed by atoms with Crippen LogP contribution in [0.3, 0.4) is 0 Å². The third-order valence-electron chi connectivity index (χ3n) is 1.54. The van der Waals surface area contributed by atoms with Crippen molar-refractivity contribution in [3.63, 3.8) is 0 Å². The van der Waals surface area contributed by atoms with Crippen LogP contribution in [0.15, 0.2) is 23.1 Å². The monoisotopic (exact) mass is 268 g/mol. The molecule has 0 amide bonds. The van der Waals surface area contributed by atoms with E-state index in [1.165, 1.54) is 18.2 Å². The number of benzene rings is 1. The Morgan fingerprint density at radius 3 is 2.13 bits per heavy atom. The van der Waals surface area contributed by atoms with Gasteiger partial charge in [-0.15, -0.1) is 0 Å². The molecular formula is C8H6Cl2O4S. The molecule has 0 unspecified atom stereocenters. The van der Waals surface area contributed by atoms with Crippen LogP contribution < -0.4 is 0 Å². The molecule has 0 atom stereocenters. The van der Waals surface area contributed by atoms with E-state index < -0.39 is 21.6 Å². The molecule has 0 heterocycles. The third-order valence-corrected chi connectivity index (χ3v) is 4.09. The van der Waals surface area contributed by atoms with Crippen LogP contribution >= 0.6 is 23.2 Å². The van der Waals surface area contributed by atoms with Gasteiger partial charge in [-0.1, -0.05) is 29.3 Å². The number of carboxylic acid groups (broad SMARTS) is 1. The van der Waals surface area contributed by atoms with E-state index in [-0.39, 0.29) is 14.9 Å². The van der Waals surface area contributed by atoms with Crippen LogP contribution in [0.2, 0.25) is 10.0 Å². The second-order valence-electron chi connectivity index (χ2n) is 2.70. The predicted molar refractivity (Wildman–Crippen MR) is 56.2 cm³/mol. The van der Waals surface area contributed by atoms with E-state index in [2.05, 4.69) is 0 Å². The van der Waals surface area contributed by atoms with E-state index in [0.29, 0.717) is 0 Å². The molecule has 1 rings (SSSR count). The lowest BCUT2D eigenvalue weighted by molar-refractivity contribution is -0.134. The zero-order valence-electron chi connectivity index (χ0n) is 7.28. The Morgan fingerprint density at radius 1 is 1.27 bits per heavy atom. The van der Waals surface area contributed by atoms with Crippen molar-refractivity contribution in [1.29, 1.82) is 0 Å². The van der Waals surface area contributed by atoms with Crippen molar-refractivity contribution in [1.82, 2.24) is 0 Å². The standard InChI is InChI=1S/C8H6Cl2O4S/c9-5-2-1-3-6(10)8(5)15(13,14)4-7(11)12/h1-3H,4H2,(H,11,12). The van der Waals surface area contributed by atoms with Gasteiger partial charge in [0.25, 0.3) is 0 Å². The van der Waals surface area contributed by atoms with Crippen LogP contribution in [-0.2, 0) is 14.6 Å². The number of rotatable bonds is 3. The molecule has 1 aromatic carbocycles. The Hall–Kier alpha value is -0.780. The Bertz CT molecular complexity index is 475. The quantitative estimate of drug-likeness (QED) is 0.908. The summed E-state index contributed by atoms with van der Waals surface area (Å²) in [5.41, 5.74) is 0. The van der Waals surface area contributed by atoms with Gasteiger partial charge in [0, 0.05) is 0 Å². The van der Waals surface area contributed by atoms with Gasteiger partial charge in [0.15, 0.2) is 15.6 Å². The molecule has 7 heteroatoms. The number of hydrogen-bond acceptors (Lipinski definition) is 3. The Labute approximate surface area is 96.3 Å². The maximum atomic E-state index is 11.5. The molecule has 0 spiro atoms. The number of sulfone groups is 1. The van der Waals surface area contributed by atoms with E-state index in [4.69, 9.17) is 28.3 Å². The lowest BCUT2D eigenvalue weighted by Gasteiger charge is -2.05. The second kappa shape index (κ2) is 4.38. The first-order valence-corrected chi connectivity index (χ1v) is 6.14. The fourth-order valence-corrected chi connectivity index (χ4v) is 3.32. The summed E-state index contributed by atoms with van der Waals surface area (Å²) in [4.78, 5) is 10.0. The highest BCUT2D eigenvalue weighted by molar-refractivity contribution is 7.92.